The predicted molar refractivity (Wildman–Crippen MR) is 112 cm³/mol. The molecule has 0 aliphatic carbocycles. The van der Waals surface area contributed by atoms with E-state index in [1.807, 2.05) is 6.92 Å². The number of rotatable bonds is 5. The highest BCUT2D eigenvalue weighted by atomic mass is 127. The van der Waals surface area contributed by atoms with Gasteiger partial charge < -0.3 is 20.3 Å². The van der Waals surface area contributed by atoms with Crippen molar-refractivity contribution in [2.24, 2.45) is 4.99 Å². The number of hydrogen-bond acceptors (Lipinski definition) is 5. The van der Waals surface area contributed by atoms with Gasteiger partial charge in [0.1, 0.15) is 0 Å². The summed E-state index contributed by atoms with van der Waals surface area (Å²) in [5.41, 5.74) is 1.04. The molecule has 0 unspecified atom stereocenters. The molecule has 0 radical (unpaired) electrons. The number of aliphatic imine (C=N–C) groups is 1. The molecule has 25 heavy (non-hydrogen) atoms. The molecule has 2 rings (SSSR count). The average molecular weight is 481 g/mol. The third-order valence-corrected chi connectivity index (χ3v) is 4.97. The molecule has 0 spiro atoms. The van der Waals surface area contributed by atoms with Crippen LogP contribution in [0, 0.1) is 0 Å². The molecule has 9 heteroatoms. The van der Waals surface area contributed by atoms with Crippen LogP contribution in [0.5, 0.6) is 0 Å². The quantitative estimate of drug-likeness (QED) is 0.384. The molecule has 1 amide bonds. The maximum atomic E-state index is 11.7. The van der Waals surface area contributed by atoms with Gasteiger partial charge in [0.2, 0.25) is 0 Å². The number of thiazole rings is 1. The second kappa shape index (κ2) is 11.5. The van der Waals surface area contributed by atoms with E-state index in [2.05, 4.69) is 32.9 Å². The van der Waals surface area contributed by atoms with Gasteiger partial charge in [-0.05, 0) is 26.2 Å². The predicted octanol–water partition coefficient (Wildman–Crippen LogP) is 2.61. The molecule has 1 saturated heterocycles. The Kier molecular flexibility index (Phi) is 10.1. The van der Waals surface area contributed by atoms with Crippen molar-refractivity contribution in [1.29, 1.82) is 0 Å². The lowest BCUT2D eigenvalue weighted by atomic mass is 10.1. The zero-order valence-electron chi connectivity index (χ0n) is 15.1. The highest BCUT2D eigenvalue weighted by molar-refractivity contribution is 14.0. The van der Waals surface area contributed by atoms with E-state index in [1.54, 1.807) is 23.3 Å². The first-order valence-electron chi connectivity index (χ1n) is 8.48. The van der Waals surface area contributed by atoms with Crippen molar-refractivity contribution in [3.05, 3.63) is 16.1 Å². The van der Waals surface area contributed by atoms with E-state index >= 15 is 0 Å². The van der Waals surface area contributed by atoms with Gasteiger partial charge in [0.25, 0.3) is 0 Å². The number of ether oxygens (including phenoxy) is 1. The third-order valence-electron chi connectivity index (χ3n) is 3.92. The summed E-state index contributed by atoms with van der Waals surface area (Å²) in [6, 6.07) is 0.309. The number of carbonyl (C=O) groups excluding carboxylic acids is 1. The Hall–Kier alpha value is -1.10. The highest BCUT2D eigenvalue weighted by Gasteiger charge is 2.24. The fourth-order valence-electron chi connectivity index (χ4n) is 2.58. The van der Waals surface area contributed by atoms with Crippen molar-refractivity contribution in [3.63, 3.8) is 0 Å². The van der Waals surface area contributed by atoms with Crippen molar-refractivity contribution < 1.29 is 9.53 Å². The van der Waals surface area contributed by atoms with Crippen LogP contribution in [0.1, 0.15) is 37.4 Å². The number of nitrogens with one attached hydrogen (secondary N) is 2. The van der Waals surface area contributed by atoms with Crippen LogP contribution in [0.4, 0.5) is 4.79 Å². The monoisotopic (exact) mass is 481 g/mol. The van der Waals surface area contributed by atoms with Crippen molar-refractivity contribution in [2.45, 2.75) is 45.7 Å². The first kappa shape index (κ1) is 21.9. The Morgan fingerprint density at radius 1 is 1.44 bits per heavy atom. The van der Waals surface area contributed by atoms with Crippen LogP contribution in [0.15, 0.2) is 10.4 Å². The van der Waals surface area contributed by atoms with Crippen molar-refractivity contribution >= 4 is 47.4 Å². The van der Waals surface area contributed by atoms with Gasteiger partial charge in [-0.3, -0.25) is 4.99 Å². The van der Waals surface area contributed by atoms with E-state index in [-0.39, 0.29) is 30.1 Å². The maximum Gasteiger partial charge on any atom is 0.409 e. The summed E-state index contributed by atoms with van der Waals surface area (Å²) in [4.78, 5) is 22.3. The number of hydrogen-bond donors (Lipinski definition) is 2. The maximum absolute atomic E-state index is 11.7. The van der Waals surface area contributed by atoms with Gasteiger partial charge in [-0.25, -0.2) is 9.78 Å². The molecule has 2 heterocycles. The summed E-state index contributed by atoms with van der Waals surface area (Å²) in [6.07, 6.45) is 2.53. The van der Waals surface area contributed by atoms with E-state index in [4.69, 9.17) is 4.74 Å². The molecule has 142 valence electrons. The van der Waals surface area contributed by atoms with E-state index in [1.165, 1.54) is 0 Å². The molecule has 0 saturated carbocycles. The minimum absolute atomic E-state index is 0. The second-order valence-electron chi connectivity index (χ2n) is 5.62. The van der Waals surface area contributed by atoms with Gasteiger partial charge in [-0.2, -0.15) is 0 Å². The number of carbonyl (C=O) groups is 1. The Bertz CT molecular complexity index is 558. The topological polar surface area (TPSA) is 78.8 Å². The van der Waals surface area contributed by atoms with Crippen molar-refractivity contribution in [1.82, 2.24) is 20.5 Å². The fraction of sp³-hybridized carbons (Fsp3) is 0.688. The minimum Gasteiger partial charge on any atom is -0.450 e. The lowest BCUT2D eigenvalue weighted by molar-refractivity contribution is 0.0963. The SMILES string of the molecule is CCOC(=O)N1CCC(NC(=NC)NCc2csc(CC)n2)CC1.I. The van der Waals surface area contributed by atoms with Crippen LogP contribution in [0.25, 0.3) is 0 Å². The molecule has 7 nitrogen and oxygen atoms in total. The summed E-state index contributed by atoms with van der Waals surface area (Å²) < 4.78 is 5.04. The Balaban J connectivity index is 0.00000312. The number of piperidine rings is 1. The number of likely N-dealkylation sites (tertiary alicyclic amines) is 1. The standard InChI is InChI=1S/C16H27N5O2S.HI/c1-4-14-19-13(11-24-14)10-18-15(17-3)20-12-6-8-21(9-7-12)16(22)23-5-2;/h11-12H,4-10H2,1-3H3,(H2,17,18,20);1H. The first-order chi connectivity index (χ1) is 11.7. The van der Waals surface area contributed by atoms with E-state index in [0.717, 1.165) is 35.9 Å². The Morgan fingerprint density at radius 3 is 2.72 bits per heavy atom. The van der Waals surface area contributed by atoms with Crippen molar-refractivity contribution in [2.75, 3.05) is 26.7 Å². The number of amides is 1. The summed E-state index contributed by atoms with van der Waals surface area (Å²) in [7, 11) is 1.77. The number of aromatic nitrogens is 1. The molecule has 2 N–H and O–H groups in total. The molecule has 1 aromatic rings. The molecule has 0 aromatic carbocycles. The van der Waals surface area contributed by atoms with Gasteiger partial charge >= 0.3 is 6.09 Å². The lowest BCUT2D eigenvalue weighted by Crippen LogP contribution is -2.49. The van der Waals surface area contributed by atoms with Gasteiger partial charge in [0, 0.05) is 31.6 Å². The molecule has 1 aliphatic heterocycles. The van der Waals surface area contributed by atoms with Gasteiger partial charge in [0.15, 0.2) is 5.96 Å². The number of nitrogens with zero attached hydrogens (tertiary/aromatic N) is 3. The molecule has 1 fully saturated rings. The van der Waals surface area contributed by atoms with E-state index < -0.39 is 0 Å². The van der Waals surface area contributed by atoms with Crippen LogP contribution in [0.2, 0.25) is 0 Å². The molecular weight excluding hydrogens is 453 g/mol. The Morgan fingerprint density at radius 2 is 2.16 bits per heavy atom. The second-order valence-corrected chi connectivity index (χ2v) is 6.56. The number of aryl methyl sites for hydroxylation is 1. The molecular formula is C16H28IN5O2S. The number of halogens is 1. The summed E-state index contributed by atoms with van der Waals surface area (Å²) in [5.74, 6) is 0.774. The first-order valence-corrected chi connectivity index (χ1v) is 9.36. The van der Waals surface area contributed by atoms with Gasteiger partial charge in [0.05, 0.1) is 23.9 Å². The van der Waals surface area contributed by atoms with Crippen LogP contribution >= 0.6 is 35.3 Å². The highest BCUT2D eigenvalue weighted by Crippen LogP contribution is 2.12. The van der Waals surface area contributed by atoms with Crippen LogP contribution in [-0.4, -0.2) is 54.7 Å². The third kappa shape index (κ3) is 6.96. The van der Waals surface area contributed by atoms with Crippen LogP contribution in [-0.2, 0) is 17.7 Å². The molecule has 1 aromatic heterocycles. The largest absolute Gasteiger partial charge is 0.450 e. The normalized spacial score (nSPS) is 15.5. The molecule has 0 bridgehead atoms. The molecule has 1 aliphatic rings. The Labute approximate surface area is 170 Å². The zero-order chi connectivity index (χ0) is 17.4. The van der Waals surface area contributed by atoms with Crippen molar-refractivity contribution in [3.8, 4) is 0 Å². The summed E-state index contributed by atoms with van der Waals surface area (Å²) in [6.45, 7) is 6.44. The van der Waals surface area contributed by atoms with Crippen LogP contribution in [0.3, 0.4) is 0 Å². The summed E-state index contributed by atoms with van der Waals surface area (Å²) in [5, 5.41) is 9.96. The van der Waals surface area contributed by atoms with Gasteiger partial charge in [-0.15, -0.1) is 35.3 Å². The minimum atomic E-state index is -0.214. The smallest absolute Gasteiger partial charge is 0.409 e. The fourth-order valence-corrected chi connectivity index (χ4v) is 3.32. The average Bonchev–Trinajstić information content (AvgIpc) is 3.07. The summed E-state index contributed by atoms with van der Waals surface area (Å²) >= 11 is 1.69. The van der Waals surface area contributed by atoms with E-state index in [0.29, 0.717) is 32.3 Å². The van der Waals surface area contributed by atoms with Gasteiger partial charge in [-0.1, -0.05) is 6.92 Å². The molecule has 0 atom stereocenters. The lowest BCUT2D eigenvalue weighted by Gasteiger charge is -2.32. The number of guanidine groups is 1. The zero-order valence-corrected chi connectivity index (χ0v) is 18.2. The van der Waals surface area contributed by atoms with E-state index in [9.17, 15) is 4.79 Å². The van der Waals surface area contributed by atoms with Crippen LogP contribution < -0.4 is 10.6 Å².